The molecule has 0 aliphatic rings. The Balaban J connectivity index is 2.26. The number of hydrogen-bond donors (Lipinski definition) is 2. The Morgan fingerprint density at radius 1 is 1.28 bits per heavy atom. The first-order valence-corrected chi connectivity index (χ1v) is 7.53. The molecule has 0 aromatic heterocycles. The van der Waals surface area contributed by atoms with Crippen molar-refractivity contribution in [1.29, 1.82) is 0 Å². The summed E-state index contributed by atoms with van der Waals surface area (Å²) in [6.07, 6.45) is 4.20. The predicted molar refractivity (Wildman–Crippen MR) is 79.3 cm³/mol. The van der Waals surface area contributed by atoms with E-state index in [0.29, 0.717) is 5.92 Å². The third kappa shape index (κ3) is 5.96. The quantitative estimate of drug-likeness (QED) is 0.604. The van der Waals surface area contributed by atoms with Crippen LogP contribution in [0.5, 0.6) is 0 Å². The summed E-state index contributed by atoms with van der Waals surface area (Å²) in [6.45, 7) is 5.10. The maximum absolute atomic E-state index is 11.6. The first-order valence-electron chi connectivity index (χ1n) is 6.30. The molecule has 0 fully saturated rings. The van der Waals surface area contributed by atoms with Gasteiger partial charge in [-0.25, -0.2) is 4.79 Å². The maximum Gasteiger partial charge on any atom is 0.319 e. The monoisotopic (exact) mass is 266 g/mol. The first kappa shape index (κ1) is 14.9. The number of benzene rings is 1. The van der Waals surface area contributed by atoms with Crippen LogP contribution in [0.15, 0.2) is 29.2 Å². The standard InChI is InChI=1S/C14H22N2OS/c1-11(2)5-4-10-15-14(17)16-12-6-8-13(18-3)9-7-12/h6-9,11H,4-5,10H2,1-3H3,(H2,15,16,17). The lowest BCUT2D eigenvalue weighted by atomic mass is 10.1. The van der Waals surface area contributed by atoms with Gasteiger partial charge >= 0.3 is 6.03 Å². The molecule has 0 atom stereocenters. The van der Waals surface area contributed by atoms with Crippen LogP contribution in [0.25, 0.3) is 0 Å². The van der Waals surface area contributed by atoms with Gasteiger partial charge in [-0.2, -0.15) is 0 Å². The van der Waals surface area contributed by atoms with E-state index in [2.05, 4.69) is 24.5 Å². The fourth-order valence-corrected chi connectivity index (χ4v) is 1.97. The van der Waals surface area contributed by atoms with E-state index in [-0.39, 0.29) is 6.03 Å². The van der Waals surface area contributed by atoms with Crippen LogP contribution in [0.3, 0.4) is 0 Å². The van der Waals surface area contributed by atoms with Crippen LogP contribution in [-0.4, -0.2) is 18.8 Å². The summed E-state index contributed by atoms with van der Waals surface area (Å²) >= 11 is 1.69. The van der Waals surface area contributed by atoms with E-state index in [9.17, 15) is 4.79 Å². The molecule has 2 amide bonds. The number of amides is 2. The summed E-state index contributed by atoms with van der Waals surface area (Å²) < 4.78 is 0. The van der Waals surface area contributed by atoms with Crippen molar-refractivity contribution >= 4 is 23.5 Å². The second kappa shape index (κ2) is 8.03. The highest BCUT2D eigenvalue weighted by atomic mass is 32.2. The van der Waals surface area contributed by atoms with Crippen LogP contribution in [0.2, 0.25) is 0 Å². The van der Waals surface area contributed by atoms with Gasteiger partial charge in [0.1, 0.15) is 0 Å². The van der Waals surface area contributed by atoms with Crippen molar-refractivity contribution in [2.45, 2.75) is 31.6 Å². The van der Waals surface area contributed by atoms with Crippen molar-refractivity contribution in [1.82, 2.24) is 5.32 Å². The summed E-state index contributed by atoms with van der Waals surface area (Å²) in [5.74, 6) is 0.689. The van der Waals surface area contributed by atoms with Crippen LogP contribution < -0.4 is 10.6 Å². The molecule has 0 unspecified atom stereocenters. The fraction of sp³-hybridized carbons (Fsp3) is 0.500. The average Bonchev–Trinajstić information content (AvgIpc) is 2.35. The molecule has 0 saturated carbocycles. The van der Waals surface area contributed by atoms with E-state index in [1.807, 2.05) is 30.5 Å². The molecule has 4 heteroatoms. The lowest BCUT2D eigenvalue weighted by Crippen LogP contribution is -2.29. The molecule has 1 rings (SSSR count). The molecule has 1 aromatic rings. The van der Waals surface area contributed by atoms with E-state index in [1.54, 1.807) is 11.8 Å². The molecule has 1 aromatic carbocycles. The number of nitrogens with one attached hydrogen (secondary N) is 2. The van der Waals surface area contributed by atoms with Crippen molar-refractivity contribution < 1.29 is 4.79 Å². The molecule has 0 bridgehead atoms. The van der Waals surface area contributed by atoms with Gasteiger partial charge in [0, 0.05) is 17.1 Å². The third-order valence-electron chi connectivity index (χ3n) is 2.59. The summed E-state index contributed by atoms with van der Waals surface area (Å²) in [6, 6.07) is 7.70. The second-order valence-electron chi connectivity index (χ2n) is 4.65. The predicted octanol–water partition coefficient (Wildman–Crippen LogP) is 3.97. The topological polar surface area (TPSA) is 41.1 Å². The lowest BCUT2D eigenvalue weighted by molar-refractivity contribution is 0.251. The van der Waals surface area contributed by atoms with Crippen LogP contribution in [-0.2, 0) is 0 Å². The van der Waals surface area contributed by atoms with Crippen LogP contribution in [0, 0.1) is 5.92 Å². The fourth-order valence-electron chi connectivity index (χ4n) is 1.56. The normalized spacial score (nSPS) is 10.4. The smallest absolute Gasteiger partial charge is 0.319 e. The number of anilines is 1. The highest BCUT2D eigenvalue weighted by Crippen LogP contribution is 2.17. The second-order valence-corrected chi connectivity index (χ2v) is 5.53. The zero-order valence-electron chi connectivity index (χ0n) is 11.3. The number of urea groups is 1. The van der Waals surface area contributed by atoms with Gasteiger partial charge in [-0.1, -0.05) is 13.8 Å². The molecule has 2 N–H and O–H groups in total. The molecule has 0 heterocycles. The molecule has 100 valence electrons. The molecule has 0 aliphatic heterocycles. The summed E-state index contributed by atoms with van der Waals surface area (Å²) in [5, 5.41) is 5.68. The van der Waals surface area contributed by atoms with Gasteiger partial charge in [0.15, 0.2) is 0 Å². The molecular weight excluding hydrogens is 244 g/mol. The summed E-state index contributed by atoms with van der Waals surface area (Å²) in [4.78, 5) is 12.8. The van der Waals surface area contributed by atoms with E-state index in [4.69, 9.17) is 0 Å². The van der Waals surface area contributed by atoms with Gasteiger partial charge in [0.25, 0.3) is 0 Å². The van der Waals surface area contributed by atoms with Crippen LogP contribution in [0.1, 0.15) is 26.7 Å². The van der Waals surface area contributed by atoms with E-state index >= 15 is 0 Å². The molecule has 0 radical (unpaired) electrons. The average molecular weight is 266 g/mol. The minimum absolute atomic E-state index is 0.129. The van der Waals surface area contributed by atoms with E-state index in [0.717, 1.165) is 25.1 Å². The Morgan fingerprint density at radius 2 is 1.94 bits per heavy atom. The van der Waals surface area contributed by atoms with Crippen molar-refractivity contribution in [2.75, 3.05) is 18.1 Å². The minimum atomic E-state index is -0.129. The Hall–Kier alpha value is -1.16. The van der Waals surface area contributed by atoms with Crippen LogP contribution in [0.4, 0.5) is 10.5 Å². The van der Waals surface area contributed by atoms with Gasteiger partial charge in [0.05, 0.1) is 0 Å². The number of carbonyl (C=O) groups excluding carboxylic acids is 1. The number of rotatable bonds is 6. The molecule has 0 saturated heterocycles. The van der Waals surface area contributed by atoms with Gasteiger partial charge in [0.2, 0.25) is 0 Å². The van der Waals surface area contributed by atoms with Gasteiger partial charge < -0.3 is 10.6 Å². The maximum atomic E-state index is 11.6. The highest BCUT2D eigenvalue weighted by molar-refractivity contribution is 7.98. The third-order valence-corrected chi connectivity index (χ3v) is 3.34. The highest BCUT2D eigenvalue weighted by Gasteiger charge is 2.01. The van der Waals surface area contributed by atoms with Gasteiger partial charge in [-0.15, -0.1) is 11.8 Å². The SMILES string of the molecule is CSc1ccc(NC(=O)NCCCC(C)C)cc1. The Labute approximate surface area is 114 Å². The van der Waals surface area contributed by atoms with Gasteiger partial charge in [-0.05, 0) is 49.3 Å². The number of thioether (sulfide) groups is 1. The Bertz CT molecular complexity index is 363. The first-order chi connectivity index (χ1) is 8.61. The molecule has 3 nitrogen and oxygen atoms in total. The largest absolute Gasteiger partial charge is 0.338 e. The zero-order valence-corrected chi connectivity index (χ0v) is 12.1. The van der Waals surface area contributed by atoms with Crippen molar-refractivity contribution in [2.24, 2.45) is 5.92 Å². The molecule has 0 aliphatic carbocycles. The van der Waals surface area contributed by atoms with Crippen molar-refractivity contribution in [3.63, 3.8) is 0 Å². The van der Waals surface area contributed by atoms with E-state index < -0.39 is 0 Å². The number of carbonyl (C=O) groups is 1. The van der Waals surface area contributed by atoms with Crippen LogP contribution >= 0.6 is 11.8 Å². The van der Waals surface area contributed by atoms with Crippen molar-refractivity contribution in [3.05, 3.63) is 24.3 Å². The lowest BCUT2D eigenvalue weighted by Gasteiger charge is -2.09. The molecular formula is C14H22N2OS. The molecule has 0 spiro atoms. The summed E-state index contributed by atoms with van der Waals surface area (Å²) in [7, 11) is 0. The number of hydrogen-bond acceptors (Lipinski definition) is 2. The zero-order chi connectivity index (χ0) is 13.4. The van der Waals surface area contributed by atoms with Gasteiger partial charge in [-0.3, -0.25) is 0 Å². The van der Waals surface area contributed by atoms with E-state index in [1.165, 1.54) is 4.90 Å². The molecule has 18 heavy (non-hydrogen) atoms. The minimum Gasteiger partial charge on any atom is -0.338 e. The van der Waals surface area contributed by atoms with Crippen molar-refractivity contribution in [3.8, 4) is 0 Å². The Kier molecular flexibility index (Phi) is 6.65. The summed E-state index contributed by atoms with van der Waals surface area (Å²) in [5.41, 5.74) is 0.828. The Morgan fingerprint density at radius 3 is 2.50 bits per heavy atom.